The molecule has 0 aliphatic rings. The molecular formula is C13H14NO4S-. The lowest BCUT2D eigenvalue weighted by molar-refractivity contribution is 0.0530. The summed E-state index contributed by atoms with van der Waals surface area (Å²) >= 11 is -2.51. The van der Waals surface area contributed by atoms with Crippen LogP contribution < -0.4 is 0 Å². The third-order valence-corrected chi connectivity index (χ3v) is 3.07. The van der Waals surface area contributed by atoms with Gasteiger partial charge in [-0.05, 0) is 44.0 Å². The Morgan fingerprint density at radius 1 is 1.32 bits per heavy atom. The molecule has 0 bridgehead atoms. The number of hydrogen-bond acceptors (Lipinski definition) is 4. The average molecular weight is 280 g/mol. The largest absolute Gasteiger partial charge is 0.767 e. The lowest BCUT2D eigenvalue weighted by Crippen LogP contribution is -2.28. The molecule has 0 aliphatic heterocycles. The van der Waals surface area contributed by atoms with Gasteiger partial charge in [0.2, 0.25) is 0 Å². The number of hydrogen-bond donors (Lipinski definition) is 0. The summed E-state index contributed by atoms with van der Waals surface area (Å²) in [4.78, 5) is 12.1. The number of carbonyl (C=O) groups excluding carboxylic acids is 1. The Bertz CT molecular complexity index is 654. The second kappa shape index (κ2) is 4.79. The van der Waals surface area contributed by atoms with Crippen molar-refractivity contribution in [1.82, 2.24) is 4.57 Å². The molecule has 0 radical (unpaired) electrons. The Labute approximate surface area is 113 Å². The van der Waals surface area contributed by atoms with E-state index in [2.05, 4.69) is 0 Å². The molecule has 6 heteroatoms. The van der Waals surface area contributed by atoms with Gasteiger partial charge in [-0.3, -0.25) is 4.21 Å². The van der Waals surface area contributed by atoms with Crippen LogP contribution in [-0.2, 0) is 15.8 Å². The number of rotatable bonds is 1. The Morgan fingerprint density at radius 3 is 2.53 bits per heavy atom. The third-order valence-electron chi connectivity index (χ3n) is 2.42. The van der Waals surface area contributed by atoms with E-state index in [1.807, 2.05) is 0 Å². The predicted molar refractivity (Wildman–Crippen MR) is 70.8 cm³/mol. The molecule has 1 aromatic carbocycles. The molecule has 19 heavy (non-hydrogen) atoms. The molecule has 1 unspecified atom stereocenters. The Morgan fingerprint density at radius 2 is 1.95 bits per heavy atom. The monoisotopic (exact) mass is 280 g/mol. The number of carbonyl (C=O) groups is 1. The van der Waals surface area contributed by atoms with Crippen molar-refractivity contribution in [3.05, 3.63) is 30.3 Å². The van der Waals surface area contributed by atoms with Crippen molar-refractivity contribution in [3.8, 4) is 0 Å². The van der Waals surface area contributed by atoms with Crippen molar-refractivity contribution in [2.24, 2.45) is 0 Å². The highest BCUT2D eigenvalue weighted by molar-refractivity contribution is 7.79. The second-order valence-electron chi connectivity index (χ2n) is 5.09. The molecule has 1 atom stereocenters. The van der Waals surface area contributed by atoms with Crippen molar-refractivity contribution in [2.75, 3.05) is 0 Å². The van der Waals surface area contributed by atoms with Crippen LogP contribution in [0.3, 0.4) is 0 Å². The van der Waals surface area contributed by atoms with Crippen LogP contribution in [-0.4, -0.2) is 25.0 Å². The first kappa shape index (κ1) is 13.8. The van der Waals surface area contributed by atoms with Gasteiger partial charge in [0.25, 0.3) is 0 Å². The highest BCUT2D eigenvalue weighted by atomic mass is 32.2. The summed E-state index contributed by atoms with van der Waals surface area (Å²) in [6.45, 7) is 5.18. The van der Waals surface area contributed by atoms with Gasteiger partial charge >= 0.3 is 6.09 Å². The van der Waals surface area contributed by atoms with Gasteiger partial charge in [-0.1, -0.05) is 18.2 Å². The lowest BCUT2D eigenvalue weighted by atomic mass is 10.2. The molecule has 1 heterocycles. The van der Waals surface area contributed by atoms with Gasteiger partial charge in [0.1, 0.15) is 10.6 Å². The predicted octanol–water partition coefficient (Wildman–Crippen LogP) is 2.66. The number of benzene rings is 1. The van der Waals surface area contributed by atoms with Gasteiger partial charge < -0.3 is 9.29 Å². The molecule has 0 N–H and O–H groups in total. The van der Waals surface area contributed by atoms with E-state index in [1.54, 1.807) is 45.0 Å². The molecule has 102 valence electrons. The fourth-order valence-electron chi connectivity index (χ4n) is 1.75. The zero-order valence-corrected chi connectivity index (χ0v) is 11.7. The van der Waals surface area contributed by atoms with Crippen molar-refractivity contribution in [1.29, 1.82) is 0 Å². The first-order valence-corrected chi connectivity index (χ1v) is 6.80. The zero-order valence-electron chi connectivity index (χ0n) is 10.9. The van der Waals surface area contributed by atoms with E-state index < -0.39 is 22.8 Å². The SMILES string of the molecule is CC(C)(C)OC(=O)n1c(S(=O)[O-])cc2ccccc21. The van der Waals surface area contributed by atoms with Crippen molar-refractivity contribution < 1.29 is 18.3 Å². The number of fused-ring (bicyclic) bond motifs is 1. The molecule has 5 nitrogen and oxygen atoms in total. The van der Waals surface area contributed by atoms with Crippen molar-refractivity contribution >= 4 is 28.1 Å². The van der Waals surface area contributed by atoms with E-state index in [0.717, 1.165) is 4.57 Å². The Kier molecular flexibility index (Phi) is 3.47. The van der Waals surface area contributed by atoms with Gasteiger partial charge in [0.05, 0.1) is 5.52 Å². The van der Waals surface area contributed by atoms with Crippen LogP contribution in [0.4, 0.5) is 4.79 Å². The standard InChI is InChI=1S/C13H15NO4S/c1-13(2,3)18-12(15)14-10-7-5-4-6-9(10)8-11(14)19(16)17/h4-8H,1-3H3,(H,16,17)/p-1. The van der Waals surface area contributed by atoms with Crippen LogP contribution in [0, 0.1) is 0 Å². The molecule has 0 saturated carbocycles. The quantitative estimate of drug-likeness (QED) is 0.753. The van der Waals surface area contributed by atoms with Crippen LogP contribution in [0.5, 0.6) is 0 Å². The molecule has 2 aromatic rings. The molecule has 0 aliphatic carbocycles. The highest BCUT2D eigenvalue weighted by Crippen LogP contribution is 2.23. The summed E-state index contributed by atoms with van der Waals surface area (Å²) in [6, 6.07) is 8.38. The minimum atomic E-state index is -2.51. The molecule has 1 aromatic heterocycles. The van der Waals surface area contributed by atoms with Crippen LogP contribution in [0.1, 0.15) is 20.8 Å². The van der Waals surface area contributed by atoms with Crippen LogP contribution in [0.15, 0.2) is 35.4 Å². The van der Waals surface area contributed by atoms with Crippen LogP contribution in [0.2, 0.25) is 0 Å². The minimum absolute atomic E-state index is 0.101. The number of ether oxygens (including phenoxy) is 1. The number of nitrogens with zero attached hydrogens (tertiary/aromatic N) is 1. The normalized spacial score (nSPS) is 13.5. The highest BCUT2D eigenvalue weighted by Gasteiger charge is 2.22. The number of para-hydroxylation sites is 1. The summed E-state index contributed by atoms with van der Waals surface area (Å²) in [7, 11) is 0. The van der Waals surface area contributed by atoms with Gasteiger partial charge in [0, 0.05) is 5.39 Å². The summed E-state index contributed by atoms with van der Waals surface area (Å²) in [5, 5.41) is 0.572. The Hall–Kier alpha value is -1.66. The molecule has 0 amide bonds. The van der Waals surface area contributed by atoms with Crippen molar-refractivity contribution in [2.45, 2.75) is 31.4 Å². The topological polar surface area (TPSA) is 71.4 Å². The average Bonchev–Trinajstić information content (AvgIpc) is 2.65. The zero-order chi connectivity index (χ0) is 14.2. The smallest absolute Gasteiger partial charge is 0.419 e. The van der Waals surface area contributed by atoms with Crippen LogP contribution in [0.25, 0.3) is 10.9 Å². The maximum Gasteiger partial charge on any atom is 0.419 e. The van der Waals surface area contributed by atoms with E-state index in [9.17, 15) is 13.6 Å². The summed E-state index contributed by atoms with van der Waals surface area (Å²) in [6.07, 6.45) is -0.701. The number of aromatic nitrogens is 1. The summed E-state index contributed by atoms with van der Waals surface area (Å²) in [5.74, 6) is 0. The first-order valence-electron chi connectivity index (χ1n) is 5.73. The summed E-state index contributed by atoms with van der Waals surface area (Å²) < 4.78 is 28.8. The third kappa shape index (κ3) is 2.85. The van der Waals surface area contributed by atoms with Gasteiger partial charge in [-0.25, -0.2) is 9.36 Å². The minimum Gasteiger partial charge on any atom is -0.767 e. The molecule has 2 rings (SSSR count). The molecule has 0 fully saturated rings. The maximum absolute atomic E-state index is 12.1. The fourth-order valence-corrected chi connectivity index (χ4v) is 2.29. The maximum atomic E-state index is 12.1. The molecule has 0 spiro atoms. The Balaban J connectivity index is 2.60. The molecule has 0 saturated heterocycles. The van der Waals surface area contributed by atoms with E-state index >= 15 is 0 Å². The molecular weight excluding hydrogens is 266 g/mol. The lowest BCUT2D eigenvalue weighted by Gasteiger charge is -2.21. The summed E-state index contributed by atoms with van der Waals surface area (Å²) in [5.41, 5.74) is -0.180. The first-order chi connectivity index (χ1) is 8.79. The van der Waals surface area contributed by atoms with Gasteiger partial charge in [-0.2, -0.15) is 0 Å². The van der Waals surface area contributed by atoms with E-state index in [-0.39, 0.29) is 5.03 Å². The van der Waals surface area contributed by atoms with E-state index in [1.165, 1.54) is 6.07 Å². The van der Waals surface area contributed by atoms with Crippen LogP contribution >= 0.6 is 0 Å². The van der Waals surface area contributed by atoms with Gasteiger partial charge in [0.15, 0.2) is 0 Å². The van der Waals surface area contributed by atoms with Crippen molar-refractivity contribution in [3.63, 3.8) is 0 Å². The van der Waals surface area contributed by atoms with Gasteiger partial charge in [-0.15, -0.1) is 0 Å². The fraction of sp³-hybridized carbons (Fsp3) is 0.308. The second-order valence-corrected chi connectivity index (χ2v) is 5.98. The van der Waals surface area contributed by atoms with E-state index in [0.29, 0.717) is 10.9 Å². The van der Waals surface area contributed by atoms with E-state index in [4.69, 9.17) is 4.74 Å².